The molecule has 2 aromatic rings. The van der Waals surface area contributed by atoms with E-state index in [-0.39, 0.29) is 18.5 Å². The van der Waals surface area contributed by atoms with Gasteiger partial charge in [0.2, 0.25) is 0 Å². The molecule has 1 fully saturated rings. The number of aryl methyl sites for hydroxylation is 1. The van der Waals surface area contributed by atoms with Crippen LogP contribution in [0.15, 0.2) is 46.9 Å². The molecule has 1 N–H and O–H groups in total. The molecule has 2 atom stereocenters. The van der Waals surface area contributed by atoms with Crippen LogP contribution in [0, 0.1) is 6.92 Å². The van der Waals surface area contributed by atoms with Gasteiger partial charge in [-0.1, -0.05) is 48.0 Å². The molecule has 0 radical (unpaired) electrons. The number of morpholine rings is 1. The van der Waals surface area contributed by atoms with Crippen LogP contribution in [0.3, 0.4) is 0 Å². The molecule has 3 rings (SSSR count). The van der Waals surface area contributed by atoms with Crippen molar-refractivity contribution in [2.24, 2.45) is 0 Å². The van der Waals surface area contributed by atoms with Gasteiger partial charge in [0, 0.05) is 24.1 Å². The molecular formula is C23H31BrClNO3. The fourth-order valence-corrected chi connectivity index (χ4v) is 4.12. The molecule has 2 aromatic carbocycles. The predicted octanol–water partition coefficient (Wildman–Crippen LogP) is 5.12. The number of hydrogen-bond acceptors (Lipinski definition) is 4. The average molecular weight is 485 g/mol. The smallest absolute Gasteiger partial charge is 0.119 e. The molecule has 0 aromatic heterocycles. The third kappa shape index (κ3) is 6.97. The van der Waals surface area contributed by atoms with E-state index < -0.39 is 6.10 Å². The number of ether oxygens (including phenoxy) is 2. The van der Waals surface area contributed by atoms with Gasteiger partial charge >= 0.3 is 0 Å². The van der Waals surface area contributed by atoms with Gasteiger partial charge in [-0.15, -0.1) is 12.4 Å². The molecule has 1 saturated heterocycles. The lowest BCUT2D eigenvalue weighted by atomic mass is 9.98. The van der Waals surface area contributed by atoms with Gasteiger partial charge in [-0.05, 0) is 53.8 Å². The normalized spacial score (nSPS) is 18.3. The van der Waals surface area contributed by atoms with Crippen molar-refractivity contribution in [3.63, 3.8) is 0 Å². The van der Waals surface area contributed by atoms with E-state index in [0.29, 0.717) is 25.7 Å². The van der Waals surface area contributed by atoms with E-state index >= 15 is 0 Å². The maximum atomic E-state index is 10.5. The Morgan fingerprint density at radius 2 is 2.03 bits per heavy atom. The maximum absolute atomic E-state index is 10.5. The van der Waals surface area contributed by atoms with Gasteiger partial charge in [-0.3, -0.25) is 4.90 Å². The summed E-state index contributed by atoms with van der Waals surface area (Å²) in [4.78, 5) is 2.25. The van der Waals surface area contributed by atoms with E-state index in [1.54, 1.807) is 0 Å². The molecule has 0 aliphatic carbocycles. The van der Waals surface area contributed by atoms with Crippen molar-refractivity contribution in [1.29, 1.82) is 0 Å². The number of halogens is 2. The number of β-amino-alcohol motifs (C(OH)–C–C–N with tert-alkyl or cyclic N) is 1. The Morgan fingerprint density at radius 3 is 2.72 bits per heavy atom. The maximum Gasteiger partial charge on any atom is 0.119 e. The quantitative estimate of drug-likeness (QED) is 0.592. The van der Waals surface area contributed by atoms with Gasteiger partial charge in [0.05, 0.1) is 12.7 Å². The molecule has 29 heavy (non-hydrogen) atoms. The molecule has 1 heterocycles. The third-order valence-corrected chi connectivity index (χ3v) is 5.64. The summed E-state index contributed by atoms with van der Waals surface area (Å²) in [6, 6.07) is 14.4. The van der Waals surface area contributed by atoms with Crippen molar-refractivity contribution in [3.05, 3.63) is 63.6 Å². The molecule has 6 heteroatoms. The van der Waals surface area contributed by atoms with Gasteiger partial charge in [0.25, 0.3) is 0 Å². The fourth-order valence-electron chi connectivity index (χ4n) is 3.71. The first kappa shape index (κ1) is 24.2. The second-order valence-electron chi connectivity index (χ2n) is 7.81. The first-order valence-electron chi connectivity index (χ1n) is 9.93. The van der Waals surface area contributed by atoms with Crippen LogP contribution in [0.25, 0.3) is 0 Å². The molecule has 0 saturated carbocycles. The highest BCUT2D eigenvalue weighted by atomic mass is 79.9. The highest BCUT2D eigenvalue weighted by molar-refractivity contribution is 9.10. The summed E-state index contributed by atoms with van der Waals surface area (Å²) < 4.78 is 12.8. The lowest BCUT2D eigenvalue weighted by Gasteiger charge is -2.34. The SMILES string of the molecule is Cc1cc(OCC(O)CN2CCOC(c3cccc(Br)c3)C2)ccc1C(C)C.Cl. The minimum Gasteiger partial charge on any atom is -0.491 e. The summed E-state index contributed by atoms with van der Waals surface area (Å²) in [5.74, 6) is 1.31. The molecule has 0 bridgehead atoms. The minimum atomic E-state index is -0.536. The van der Waals surface area contributed by atoms with E-state index in [0.717, 1.165) is 28.9 Å². The first-order valence-corrected chi connectivity index (χ1v) is 10.7. The third-order valence-electron chi connectivity index (χ3n) is 5.15. The lowest BCUT2D eigenvalue weighted by Crippen LogP contribution is -2.43. The zero-order valence-electron chi connectivity index (χ0n) is 17.3. The van der Waals surface area contributed by atoms with Crippen LogP contribution in [0.4, 0.5) is 0 Å². The molecule has 160 valence electrons. The van der Waals surface area contributed by atoms with E-state index in [2.05, 4.69) is 65.9 Å². The Balaban J connectivity index is 0.00000300. The Morgan fingerprint density at radius 1 is 1.24 bits per heavy atom. The van der Waals surface area contributed by atoms with Crippen LogP contribution in [-0.4, -0.2) is 49.0 Å². The molecular weight excluding hydrogens is 454 g/mol. The van der Waals surface area contributed by atoms with Crippen molar-refractivity contribution in [2.75, 3.05) is 32.8 Å². The second-order valence-corrected chi connectivity index (χ2v) is 8.73. The Labute approximate surface area is 188 Å². The first-order chi connectivity index (χ1) is 13.4. The number of benzene rings is 2. The van der Waals surface area contributed by atoms with Crippen molar-refractivity contribution in [3.8, 4) is 5.75 Å². The van der Waals surface area contributed by atoms with Gasteiger partial charge in [-0.25, -0.2) is 0 Å². The van der Waals surface area contributed by atoms with Crippen LogP contribution in [-0.2, 0) is 4.74 Å². The van der Waals surface area contributed by atoms with Crippen molar-refractivity contribution >= 4 is 28.3 Å². The second kappa shape index (κ2) is 11.3. The zero-order chi connectivity index (χ0) is 20.1. The molecule has 0 spiro atoms. The summed E-state index contributed by atoms with van der Waals surface area (Å²) in [7, 11) is 0. The van der Waals surface area contributed by atoms with Crippen LogP contribution < -0.4 is 4.74 Å². The summed E-state index contributed by atoms with van der Waals surface area (Å²) in [6.45, 7) is 9.62. The minimum absolute atomic E-state index is 0. The summed E-state index contributed by atoms with van der Waals surface area (Å²) in [5.41, 5.74) is 3.72. The monoisotopic (exact) mass is 483 g/mol. The van der Waals surface area contributed by atoms with E-state index in [9.17, 15) is 5.11 Å². The topological polar surface area (TPSA) is 41.9 Å². The van der Waals surface area contributed by atoms with Crippen molar-refractivity contribution < 1.29 is 14.6 Å². The molecule has 2 unspecified atom stereocenters. The van der Waals surface area contributed by atoms with Crippen molar-refractivity contribution in [2.45, 2.75) is 38.9 Å². The van der Waals surface area contributed by atoms with Crippen LogP contribution >= 0.6 is 28.3 Å². The fraction of sp³-hybridized carbons (Fsp3) is 0.478. The molecule has 4 nitrogen and oxygen atoms in total. The highest BCUT2D eigenvalue weighted by Gasteiger charge is 2.24. The number of aliphatic hydroxyl groups is 1. The van der Waals surface area contributed by atoms with Crippen LogP contribution in [0.1, 0.15) is 42.6 Å². The van der Waals surface area contributed by atoms with Crippen LogP contribution in [0.5, 0.6) is 5.75 Å². The molecule has 1 aliphatic rings. The van der Waals surface area contributed by atoms with Gasteiger partial charge < -0.3 is 14.6 Å². The number of rotatable bonds is 7. The summed E-state index contributed by atoms with van der Waals surface area (Å²) >= 11 is 3.52. The summed E-state index contributed by atoms with van der Waals surface area (Å²) in [6.07, 6.45) is -0.503. The average Bonchev–Trinajstić information content (AvgIpc) is 2.66. The lowest BCUT2D eigenvalue weighted by molar-refractivity contribution is -0.0459. The van der Waals surface area contributed by atoms with Crippen LogP contribution in [0.2, 0.25) is 0 Å². The molecule has 1 aliphatic heterocycles. The number of hydrogen-bond donors (Lipinski definition) is 1. The predicted molar refractivity (Wildman–Crippen MR) is 123 cm³/mol. The number of nitrogens with zero attached hydrogens (tertiary/aromatic N) is 1. The highest BCUT2D eigenvalue weighted by Crippen LogP contribution is 2.25. The van der Waals surface area contributed by atoms with E-state index in [4.69, 9.17) is 9.47 Å². The molecule has 0 amide bonds. The Hall–Kier alpha value is -1.11. The number of aliphatic hydroxyl groups excluding tert-OH is 1. The van der Waals surface area contributed by atoms with Gasteiger partial charge in [-0.2, -0.15) is 0 Å². The van der Waals surface area contributed by atoms with E-state index in [1.165, 1.54) is 11.1 Å². The van der Waals surface area contributed by atoms with E-state index in [1.807, 2.05) is 18.2 Å². The standard InChI is InChI=1S/C23H30BrNO3.ClH/c1-16(2)22-8-7-21(11-17(22)3)28-15-20(26)13-25-9-10-27-23(14-25)18-5-4-6-19(24)12-18;/h4-8,11-12,16,20,23,26H,9-10,13-15H2,1-3H3;1H. The van der Waals surface area contributed by atoms with Crippen molar-refractivity contribution in [1.82, 2.24) is 4.90 Å². The van der Waals surface area contributed by atoms with Gasteiger partial charge in [0.1, 0.15) is 18.5 Å². The summed E-state index contributed by atoms with van der Waals surface area (Å²) in [5, 5.41) is 10.5. The Bertz CT molecular complexity index is 786. The van der Waals surface area contributed by atoms with Gasteiger partial charge in [0.15, 0.2) is 0 Å². The Kier molecular flexibility index (Phi) is 9.44. The zero-order valence-corrected chi connectivity index (χ0v) is 19.7. The largest absolute Gasteiger partial charge is 0.491 e.